The number of aromatic nitrogens is 3. The van der Waals surface area contributed by atoms with Crippen molar-refractivity contribution in [2.45, 2.75) is 39.8 Å². The summed E-state index contributed by atoms with van der Waals surface area (Å²) >= 11 is 0. The van der Waals surface area contributed by atoms with Gasteiger partial charge in [0.05, 0.1) is 18.6 Å². The predicted molar refractivity (Wildman–Crippen MR) is 90.7 cm³/mol. The quantitative estimate of drug-likeness (QED) is 0.797. The van der Waals surface area contributed by atoms with Crippen molar-refractivity contribution in [3.8, 4) is 0 Å². The molecule has 0 bridgehead atoms. The molecule has 3 heterocycles. The number of aryl methyl sites for hydroxylation is 1. The SMILES string of the molecule is CC(=O)c1cn(Cc2cncn2CC2CCN(C)CC2)cc1C. The molecule has 3 rings (SSSR count). The summed E-state index contributed by atoms with van der Waals surface area (Å²) in [5.41, 5.74) is 3.05. The van der Waals surface area contributed by atoms with Crippen LogP contribution in [0.3, 0.4) is 0 Å². The van der Waals surface area contributed by atoms with Crippen LogP contribution in [0, 0.1) is 12.8 Å². The van der Waals surface area contributed by atoms with E-state index in [0.717, 1.165) is 30.1 Å². The van der Waals surface area contributed by atoms with Crippen molar-refractivity contribution in [3.05, 3.63) is 41.7 Å². The van der Waals surface area contributed by atoms with E-state index >= 15 is 0 Å². The lowest BCUT2D eigenvalue weighted by atomic mass is 9.97. The second kappa shape index (κ2) is 6.71. The Morgan fingerprint density at radius 2 is 2.04 bits per heavy atom. The molecule has 1 aliphatic heterocycles. The van der Waals surface area contributed by atoms with Crippen molar-refractivity contribution < 1.29 is 4.79 Å². The number of ketones is 1. The van der Waals surface area contributed by atoms with Gasteiger partial charge in [-0.2, -0.15) is 0 Å². The van der Waals surface area contributed by atoms with E-state index < -0.39 is 0 Å². The highest BCUT2D eigenvalue weighted by atomic mass is 16.1. The van der Waals surface area contributed by atoms with E-state index in [2.05, 4.69) is 26.1 Å². The third-order valence-corrected chi connectivity index (χ3v) is 4.89. The summed E-state index contributed by atoms with van der Waals surface area (Å²) in [7, 11) is 2.19. The summed E-state index contributed by atoms with van der Waals surface area (Å²) < 4.78 is 4.37. The molecule has 0 aliphatic carbocycles. The Balaban J connectivity index is 1.69. The maximum atomic E-state index is 11.6. The molecule has 5 nitrogen and oxygen atoms in total. The topological polar surface area (TPSA) is 43.1 Å². The normalized spacial score (nSPS) is 16.8. The van der Waals surface area contributed by atoms with Crippen LogP contribution in [0.15, 0.2) is 24.9 Å². The maximum absolute atomic E-state index is 11.6. The molecule has 0 amide bonds. The molecule has 124 valence electrons. The minimum absolute atomic E-state index is 0.126. The Kier molecular flexibility index (Phi) is 4.66. The smallest absolute Gasteiger partial charge is 0.161 e. The summed E-state index contributed by atoms with van der Waals surface area (Å²) in [6.45, 7) is 7.80. The number of hydrogen-bond acceptors (Lipinski definition) is 3. The van der Waals surface area contributed by atoms with Crippen LogP contribution in [0.25, 0.3) is 0 Å². The van der Waals surface area contributed by atoms with E-state index in [1.807, 2.05) is 31.8 Å². The molecule has 23 heavy (non-hydrogen) atoms. The highest BCUT2D eigenvalue weighted by Crippen LogP contribution is 2.19. The molecule has 0 saturated carbocycles. The largest absolute Gasteiger partial charge is 0.347 e. The fraction of sp³-hybridized carbons (Fsp3) is 0.556. The van der Waals surface area contributed by atoms with Gasteiger partial charge in [0.2, 0.25) is 0 Å². The zero-order chi connectivity index (χ0) is 16.4. The first-order valence-electron chi connectivity index (χ1n) is 8.38. The first-order valence-corrected chi connectivity index (χ1v) is 8.38. The van der Waals surface area contributed by atoms with Gasteiger partial charge in [0.1, 0.15) is 0 Å². The van der Waals surface area contributed by atoms with E-state index in [1.54, 1.807) is 6.92 Å². The van der Waals surface area contributed by atoms with E-state index in [4.69, 9.17) is 0 Å². The molecule has 0 unspecified atom stereocenters. The van der Waals surface area contributed by atoms with Crippen LogP contribution in [0.4, 0.5) is 0 Å². The number of likely N-dealkylation sites (tertiary alicyclic amines) is 1. The molecular formula is C18H26N4O. The van der Waals surface area contributed by atoms with E-state index in [9.17, 15) is 4.79 Å². The lowest BCUT2D eigenvalue weighted by molar-refractivity contribution is 0.101. The van der Waals surface area contributed by atoms with Crippen molar-refractivity contribution in [1.29, 1.82) is 0 Å². The fourth-order valence-corrected chi connectivity index (χ4v) is 3.44. The van der Waals surface area contributed by atoms with Crippen LogP contribution in [-0.4, -0.2) is 44.9 Å². The standard InChI is InChI=1S/C18H26N4O/c1-14-9-21(12-18(14)15(2)23)11-17-8-19-13-22(17)10-16-4-6-20(3)7-5-16/h8-9,12-13,16H,4-7,10-11H2,1-3H3. The third-order valence-electron chi connectivity index (χ3n) is 4.89. The van der Waals surface area contributed by atoms with Gasteiger partial charge in [-0.1, -0.05) is 0 Å². The van der Waals surface area contributed by atoms with Crippen molar-refractivity contribution in [1.82, 2.24) is 19.0 Å². The first kappa shape index (κ1) is 16.0. The average molecular weight is 314 g/mol. The summed E-state index contributed by atoms with van der Waals surface area (Å²) in [6, 6.07) is 0. The zero-order valence-corrected chi connectivity index (χ0v) is 14.3. The van der Waals surface area contributed by atoms with Gasteiger partial charge < -0.3 is 14.0 Å². The molecule has 0 spiro atoms. The fourth-order valence-electron chi connectivity index (χ4n) is 3.44. The van der Waals surface area contributed by atoms with E-state index in [-0.39, 0.29) is 5.78 Å². The average Bonchev–Trinajstić information content (AvgIpc) is 3.09. The van der Waals surface area contributed by atoms with Crippen LogP contribution >= 0.6 is 0 Å². The third kappa shape index (κ3) is 3.72. The molecule has 1 fully saturated rings. The number of Topliss-reactive ketones (excluding diaryl/α,β-unsaturated/α-hetero) is 1. The van der Waals surface area contributed by atoms with Gasteiger partial charge in [-0.05, 0) is 58.3 Å². The van der Waals surface area contributed by atoms with Gasteiger partial charge in [-0.25, -0.2) is 4.98 Å². The predicted octanol–water partition coefficient (Wildman–Crippen LogP) is 2.59. The van der Waals surface area contributed by atoms with Gasteiger partial charge in [0, 0.05) is 30.7 Å². The van der Waals surface area contributed by atoms with E-state index in [0.29, 0.717) is 0 Å². The Hall–Kier alpha value is -1.88. The molecule has 0 atom stereocenters. The lowest BCUT2D eigenvalue weighted by Gasteiger charge is -2.29. The highest BCUT2D eigenvalue weighted by molar-refractivity contribution is 5.95. The molecule has 0 aromatic carbocycles. The monoisotopic (exact) mass is 314 g/mol. The summed E-state index contributed by atoms with van der Waals surface area (Å²) in [5, 5.41) is 0. The van der Waals surface area contributed by atoms with Gasteiger partial charge in [0.15, 0.2) is 5.78 Å². The molecule has 1 aliphatic rings. The molecule has 0 N–H and O–H groups in total. The number of piperidine rings is 1. The number of carbonyl (C=O) groups is 1. The van der Waals surface area contributed by atoms with Crippen LogP contribution in [-0.2, 0) is 13.1 Å². The van der Waals surface area contributed by atoms with Gasteiger partial charge in [-0.3, -0.25) is 4.79 Å². The molecular weight excluding hydrogens is 288 g/mol. The number of imidazole rings is 1. The minimum Gasteiger partial charge on any atom is -0.347 e. The maximum Gasteiger partial charge on any atom is 0.161 e. The Labute approximate surface area is 137 Å². The summed E-state index contributed by atoms with van der Waals surface area (Å²) in [5.74, 6) is 0.861. The number of carbonyl (C=O) groups excluding carboxylic acids is 1. The molecule has 1 saturated heterocycles. The number of rotatable bonds is 5. The van der Waals surface area contributed by atoms with Crippen molar-refractivity contribution in [2.75, 3.05) is 20.1 Å². The number of nitrogens with zero attached hydrogens (tertiary/aromatic N) is 4. The summed E-state index contributed by atoms with van der Waals surface area (Å²) in [6.07, 6.45) is 10.4. The Morgan fingerprint density at radius 3 is 2.70 bits per heavy atom. The van der Waals surface area contributed by atoms with Crippen molar-refractivity contribution in [3.63, 3.8) is 0 Å². The van der Waals surface area contributed by atoms with Gasteiger partial charge >= 0.3 is 0 Å². The Morgan fingerprint density at radius 1 is 1.30 bits per heavy atom. The van der Waals surface area contributed by atoms with E-state index in [1.165, 1.54) is 31.6 Å². The molecule has 2 aromatic heterocycles. The highest BCUT2D eigenvalue weighted by Gasteiger charge is 2.18. The van der Waals surface area contributed by atoms with Gasteiger partial charge in [-0.15, -0.1) is 0 Å². The summed E-state index contributed by atoms with van der Waals surface area (Å²) in [4.78, 5) is 18.3. The minimum atomic E-state index is 0.126. The molecule has 2 aromatic rings. The number of hydrogen-bond donors (Lipinski definition) is 0. The zero-order valence-electron chi connectivity index (χ0n) is 14.3. The van der Waals surface area contributed by atoms with Crippen LogP contribution < -0.4 is 0 Å². The van der Waals surface area contributed by atoms with Crippen LogP contribution in [0.5, 0.6) is 0 Å². The van der Waals surface area contributed by atoms with Crippen LogP contribution in [0.2, 0.25) is 0 Å². The Bertz CT molecular complexity index is 677. The molecule has 0 radical (unpaired) electrons. The first-order chi connectivity index (χ1) is 11.0. The lowest BCUT2D eigenvalue weighted by Crippen LogP contribution is -2.32. The van der Waals surface area contributed by atoms with Gasteiger partial charge in [0.25, 0.3) is 0 Å². The molecule has 5 heteroatoms. The van der Waals surface area contributed by atoms with Crippen molar-refractivity contribution in [2.24, 2.45) is 5.92 Å². The van der Waals surface area contributed by atoms with Crippen molar-refractivity contribution >= 4 is 5.78 Å². The van der Waals surface area contributed by atoms with Crippen LogP contribution in [0.1, 0.15) is 41.4 Å². The second-order valence-electron chi connectivity index (χ2n) is 6.87. The second-order valence-corrected chi connectivity index (χ2v) is 6.87.